The van der Waals surface area contributed by atoms with E-state index in [0.29, 0.717) is 22.2 Å². The molecule has 0 saturated carbocycles. The quantitative estimate of drug-likeness (QED) is 0.483. The number of nitrogens with zero attached hydrogens (tertiary/aromatic N) is 2. The molecule has 3 heterocycles. The standard InChI is InChI=1S/C15H11ClFN5/c1-7-8(17)2-3-10-13(7)22-15(19-10)20-11-6-18-9-4-5-12(16)21-14(9)11/h2-6,18H,1H3,(H2,19,20,22). The van der Waals surface area contributed by atoms with E-state index in [4.69, 9.17) is 11.6 Å². The van der Waals surface area contributed by atoms with E-state index in [1.165, 1.54) is 6.07 Å². The van der Waals surface area contributed by atoms with Crippen LogP contribution in [0.5, 0.6) is 0 Å². The van der Waals surface area contributed by atoms with Crippen molar-refractivity contribution in [3.63, 3.8) is 0 Å². The van der Waals surface area contributed by atoms with Crippen molar-refractivity contribution in [2.24, 2.45) is 0 Å². The summed E-state index contributed by atoms with van der Waals surface area (Å²) >= 11 is 5.94. The number of aromatic nitrogens is 4. The number of H-pyrrole nitrogens is 2. The molecule has 0 amide bonds. The highest BCUT2D eigenvalue weighted by atomic mass is 35.5. The van der Waals surface area contributed by atoms with E-state index >= 15 is 0 Å². The summed E-state index contributed by atoms with van der Waals surface area (Å²) in [5, 5.41) is 3.56. The molecule has 110 valence electrons. The third kappa shape index (κ3) is 2.00. The lowest BCUT2D eigenvalue weighted by Crippen LogP contribution is -1.92. The first-order valence-electron chi connectivity index (χ1n) is 6.67. The van der Waals surface area contributed by atoms with E-state index in [9.17, 15) is 4.39 Å². The lowest BCUT2D eigenvalue weighted by Gasteiger charge is -1.99. The summed E-state index contributed by atoms with van der Waals surface area (Å²) in [6.07, 6.45) is 1.79. The van der Waals surface area contributed by atoms with Crippen LogP contribution in [-0.2, 0) is 0 Å². The van der Waals surface area contributed by atoms with Crippen LogP contribution in [0.4, 0.5) is 16.0 Å². The first kappa shape index (κ1) is 13.1. The number of pyridine rings is 1. The van der Waals surface area contributed by atoms with Crippen molar-refractivity contribution < 1.29 is 4.39 Å². The van der Waals surface area contributed by atoms with Crippen LogP contribution >= 0.6 is 11.6 Å². The second kappa shape index (κ2) is 4.71. The van der Waals surface area contributed by atoms with E-state index in [1.807, 2.05) is 6.07 Å². The molecule has 5 nitrogen and oxygen atoms in total. The highest BCUT2D eigenvalue weighted by molar-refractivity contribution is 6.29. The smallest absolute Gasteiger partial charge is 0.205 e. The predicted octanol–water partition coefficient (Wildman–Crippen LogP) is 4.28. The molecule has 0 aliphatic heterocycles. The Morgan fingerprint density at radius 3 is 2.77 bits per heavy atom. The van der Waals surface area contributed by atoms with Gasteiger partial charge in [0.1, 0.15) is 16.5 Å². The summed E-state index contributed by atoms with van der Waals surface area (Å²) in [6.45, 7) is 1.70. The molecule has 0 saturated heterocycles. The van der Waals surface area contributed by atoms with Crippen molar-refractivity contribution in [2.75, 3.05) is 5.32 Å². The van der Waals surface area contributed by atoms with Crippen molar-refractivity contribution in [2.45, 2.75) is 6.92 Å². The molecular formula is C15H11ClFN5. The zero-order chi connectivity index (χ0) is 15.3. The molecule has 4 rings (SSSR count). The zero-order valence-corrected chi connectivity index (χ0v) is 12.3. The molecule has 0 atom stereocenters. The number of benzene rings is 1. The molecule has 0 spiro atoms. The van der Waals surface area contributed by atoms with E-state index in [-0.39, 0.29) is 5.82 Å². The van der Waals surface area contributed by atoms with E-state index in [2.05, 4.69) is 25.3 Å². The number of hydrogen-bond donors (Lipinski definition) is 3. The van der Waals surface area contributed by atoms with Gasteiger partial charge in [0.15, 0.2) is 0 Å². The second-order valence-electron chi connectivity index (χ2n) is 5.01. The van der Waals surface area contributed by atoms with Gasteiger partial charge in [-0.25, -0.2) is 14.4 Å². The first-order chi connectivity index (χ1) is 10.6. The van der Waals surface area contributed by atoms with Crippen LogP contribution in [0.25, 0.3) is 22.1 Å². The van der Waals surface area contributed by atoms with Crippen LogP contribution < -0.4 is 5.32 Å². The minimum Gasteiger partial charge on any atom is -0.358 e. The normalized spacial score (nSPS) is 11.4. The van der Waals surface area contributed by atoms with Crippen molar-refractivity contribution >= 4 is 45.3 Å². The molecule has 1 aromatic carbocycles. The Hall–Kier alpha value is -2.60. The molecule has 7 heteroatoms. The summed E-state index contributed by atoms with van der Waals surface area (Å²) in [5.41, 5.74) is 4.22. The minimum absolute atomic E-state index is 0.272. The topological polar surface area (TPSA) is 69.4 Å². The molecule has 0 bridgehead atoms. The molecule has 0 fully saturated rings. The highest BCUT2D eigenvalue weighted by Crippen LogP contribution is 2.27. The molecule has 0 radical (unpaired) electrons. The second-order valence-corrected chi connectivity index (χ2v) is 5.40. The van der Waals surface area contributed by atoms with Crippen molar-refractivity contribution in [1.29, 1.82) is 0 Å². The summed E-state index contributed by atoms with van der Waals surface area (Å²) in [5.74, 6) is 0.248. The number of hydrogen-bond acceptors (Lipinski definition) is 3. The lowest BCUT2D eigenvalue weighted by atomic mass is 10.2. The SMILES string of the molecule is Cc1c(F)ccc2[nH]c(Nc3c[nH]c4ccc(Cl)nc34)nc12. The van der Waals surface area contributed by atoms with E-state index in [0.717, 1.165) is 22.2 Å². The van der Waals surface area contributed by atoms with E-state index < -0.39 is 0 Å². The van der Waals surface area contributed by atoms with Crippen molar-refractivity contribution in [3.05, 3.63) is 47.0 Å². The predicted molar refractivity (Wildman–Crippen MR) is 85.2 cm³/mol. The van der Waals surface area contributed by atoms with Gasteiger partial charge in [-0.3, -0.25) is 0 Å². The number of rotatable bonds is 2. The van der Waals surface area contributed by atoms with Gasteiger partial charge in [-0.05, 0) is 31.2 Å². The fraction of sp³-hybridized carbons (Fsp3) is 0.0667. The van der Waals surface area contributed by atoms with Crippen LogP contribution in [0.3, 0.4) is 0 Å². The number of fused-ring (bicyclic) bond motifs is 2. The molecular weight excluding hydrogens is 305 g/mol. The Bertz CT molecular complexity index is 1000. The first-order valence-corrected chi connectivity index (χ1v) is 7.05. The van der Waals surface area contributed by atoms with Gasteiger partial charge in [-0.1, -0.05) is 11.6 Å². The van der Waals surface area contributed by atoms with Gasteiger partial charge in [0, 0.05) is 11.8 Å². The summed E-state index contributed by atoms with van der Waals surface area (Å²) in [4.78, 5) is 14.9. The Labute approximate surface area is 129 Å². The number of aryl methyl sites for hydroxylation is 1. The third-order valence-corrected chi connectivity index (χ3v) is 3.79. The van der Waals surface area contributed by atoms with Crippen molar-refractivity contribution in [1.82, 2.24) is 19.9 Å². The largest absolute Gasteiger partial charge is 0.358 e. The fourth-order valence-corrected chi connectivity index (χ4v) is 2.59. The van der Waals surface area contributed by atoms with Gasteiger partial charge < -0.3 is 15.3 Å². The highest BCUT2D eigenvalue weighted by Gasteiger charge is 2.11. The van der Waals surface area contributed by atoms with E-state index in [1.54, 1.807) is 25.3 Å². The van der Waals surface area contributed by atoms with Crippen LogP contribution in [0.15, 0.2) is 30.5 Å². The summed E-state index contributed by atoms with van der Waals surface area (Å²) in [6, 6.07) is 6.67. The molecule has 0 aliphatic rings. The van der Waals surface area contributed by atoms with Gasteiger partial charge in [-0.15, -0.1) is 0 Å². The summed E-state index contributed by atoms with van der Waals surface area (Å²) in [7, 11) is 0. The maximum absolute atomic E-state index is 13.6. The van der Waals surface area contributed by atoms with Crippen LogP contribution in [0, 0.1) is 12.7 Å². The van der Waals surface area contributed by atoms with Crippen LogP contribution in [-0.4, -0.2) is 19.9 Å². The Kier molecular flexibility index (Phi) is 2.80. The van der Waals surface area contributed by atoms with Gasteiger partial charge in [-0.2, -0.15) is 0 Å². The molecule has 22 heavy (non-hydrogen) atoms. The Morgan fingerprint density at radius 2 is 1.91 bits per heavy atom. The van der Waals surface area contributed by atoms with Gasteiger partial charge in [0.2, 0.25) is 5.95 Å². The average Bonchev–Trinajstić information content (AvgIpc) is 3.08. The van der Waals surface area contributed by atoms with Gasteiger partial charge in [0.05, 0.1) is 22.2 Å². The zero-order valence-electron chi connectivity index (χ0n) is 11.5. The molecule has 3 aromatic heterocycles. The van der Waals surface area contributed by atoms with Gasteiger partial charge >= 0.3 is 0 Å². The number of halogens is 2. The average molecular weight is 316 g/mol. The lowest BCUT2D eigenvalue weighted by molar-refractivity contribution is 0.620. The molecule has 0 aliphatic carbocycles. The number of aromatic amines is 2. The maximum Gasteiger partial charge on any atom is 0.205 e. The number of anilines is 2. The van der Waals surface area contributed by atoms with Gasteiger partial charge in [0.25, 0.3) is 0 Å². The van der Waals surface area contributed by atoms with Crippen LogP contribution in [0.1, 0.15) is 5.56 Å². The Morgan fingerprint density at radius 1 is 1.09 bits per heavy atom. The molecule has 4 aromatic rings. The van der Waals surface area contributed by atoms with Crippen molar-refractivity contribution in [3.8, 4) is 0 Å². The Balaban J connectivity index is 1.79. The summed E-state index contributed by atoms with van der Waals surface area (Å²) < 4.78 is 13.6. The monoisotopic (exact) mass is 315 g/mol. The fourth-order valence-electron chi connectivity index (χ4n) is 2.45. The maximum atomic E-state index is 13.6. The minimum atomic E-state index is -0.272. The van der Waals surface area contributed by atoms with Crippen LogP contribution in [0.2, 0.25) is 5.15 Å². The number of imidazole rings is 1. The third-order valence-electron chi connectivity index (χ3n) is 3.58. The number of nitrogens with one attached hydrogen (secondary N) is 3. The molecule has 0 unspecified atom stereocenters. The molecule has 3 N–H and O–H groups in total.